The molecule has 0 bridgehead atoms. The molecule has 0 unspecified atom stereocenters. The van der Waals surface area contributed by atoms with Crippen LogP contribution in [0.3, 0.4) is 0 Å². The summed E-state index contributed by atoms with van der Waals surface area (Å²) in [6.07, 6.45) is 3.26. The fourth-order valence-corrected chi connectivity index (χ4v) is 6.04. The van der Waals surface area contributed by atoms with Gasteiger partial charge in [0.05, 0.1) is 35.1 Å². The fourth-order valence-electron chi connectivity index (χ4n) is 5.27. The van der Waals surface area contributed by atoms with Gasteiger partial charge in [-0.25, -0.2) is 18.6 Å². The molecule has 1 atom stereocenters. The standard InChI is InChI=1S/C28H23F2N5O4S/c1-14-25(15(2)39-32-14)16-9-10-34-23(11-16)31-26(27(34)22-13-20(33-40-22)28(37)38-3)21-5-4-6-24(36)35(21)17-7-8-18(29)19(30)12-17/h7-13,21H,4-6H2,1-3H3/t21-/m0/s1. The Morgan fingerprint density at radius 2 is 1.98 bits per heavy atom. The number of esters is 1. The van der Waals surface area contributed by atoms with E-state index in [0.29, 0.717) is 40.5 Å². The first kappa shape index (κ1) is 25.8. The summed E-state index contributed by atoms with van der Waals surface area (Å²) in [5.74, 6) is -2.17. The van der Waals surface area contributed by atoms with Crippen LogP contribution in [-0.2, 0) is 9.53 Å². The lowest BCUT2D eigenvalue weighted by molar-refractivity contribution is -0.120. The van der Waals surface area contributed by atoms with Gasteiger partial charge in [0, 0.05) is 29.9 Å². The highest BCUT2D eigenvalue weighted by atomic mass is 32.1. The van der Waals surface area contributed by atoms with E-state index in [-0.39, 0.29) is 23.7 Å². The van der Waals surface area contributed by atoms with Gasteiger partial charge < -0.3 is 14.2 Å². The van der Waals surface area contributed by atoms with Crippen molar-refractivity contribution in [3.8, 4) is 21.7 Å². The third-order valence-electron chi connectivity index (χ3n) is 7.06. The number of ether oxygens (including phenoxy) is 1. The average molecular weight is 564 g/mol. The Bertz CT molecular complexity index is 1770. The van der Waals surface area contributed by atoms with Gasteiger partial charge in [0.15, 0.2) is 17.3 Å². The van der Waals surface area contributed by atoms with Crippen LogP contribution in [0, 0.1) is 25.5 Å². The number of anilines is 1. The molecule has 1 saturated heterocycles. The number of hydrogen-bond acceptors (Lipinski definition) is 8. The van der Waals surface area contributed by atoms with E-state index < -0.39 is 23.6 Å². The number of carbonyl (C=O) groups is 2. The van der Waals surface area contributed by atoms with Crippen LogP contribution in [0.1, 0.15) is 52.9 Å². The maximum absolute atomic E-state index is 14.3. The molecule has 1 aliphatic heterocycles. The van der Waals surface area contributed by atoms with Crippen LogP contribution in [0.25, 0.3) is 27.3 Å². The Kier molecular flexibility index (Phi) is 6.41. The maximum atomic E-state index is 14.3. The highest BCUT2D eigenvalue weighted by molar-refractivity contribution is 7.09. The van der Waals surface area contributed by atoms with E-state index in [2.05, 4.69) is 9.53 Å². The van der Waals surface area contributed by atoms with E-state index in [1.165, 1.54) is 18.1 Å². The molecule has 1 fully saturated rings. The molecule has 0 aliphatic carbocycles. The molecule has 0 saturated carbocycles. The third-order valence-corrected chi connectivity index (χ3v) is 7.85. The quantitative estimate of drug-likeness (QED) is 0.240. The normalized spacial score (nSPS) is 15.7. The van der Waals surface area contributed by atoms with E-state index in [1.54, 1.807) is 6.07 Å². The number of piperidine rings is 1. The lowest BCUT2D eigenvalue weighted by Crippen LogP contribution is -2.38. The smallest absolute Gasteiger partial charge is 0.357 e. The van der Waals surface area contributed by atoms with Crippen molar-refractivity contribution in [1.82, 2.24) is 18.9 Å². The Morgan fingerprint density at radius 3 is 2.70 bits per heavy atom. The zero-order valence-electron chi connectivity index (χ0n) is 21.8. The number of carbonyl (C=O) groups excluding carboxylic acids is 2. The summed E-state index contributed by atoms with van der Waals surface area (Å²) in [4.78, 5) is 32.5. The molecule has 1 amide bonds. The van der Waals surface area contributed by atoms with Crippen LogP contribution in [-0.4, -0.2) is 37.9 Å². The van der Waals surface area contributed by atoms with Gasteiger partial charge in [-0.3, -0.25) is 9.20 Å². The minimum absolute atomic E-state index is 0.146. The van der Waals surface area contributed by atoms with Crippen molar-refractivity contribution in [2.75, 3.05) is 12.0 Å². The number of hydrogen-bond donors (Lipinski definition) is 0. The number of methoxy groups -OCH3 is 1. The summed E-state index contributed by atoms with van der Waals surface area (Å²) < 4.78 is 44.4. The molecule has 0 radical (unpaired) electrons. The second kappa shape index (κ2) is 9.94. The van der Waals surface area contributed by atoms with E-state index in [4.69, 9.17) is 14.2 Å². The summed E-state index contributed by atoms with van der Waals surface area (Å²) in [5.41, 5.74) is 4.61. The van der Waals surface area contributed by atoms with Gasteiger partial charge >= 0.3 is 5.97 Å². The topological polar surface area (TPSA) is 103 Å². The van der Waals surface area contributed by atoms with Gasteiger partial charge in [-0.1, -0.05) is 5.16 Å². The average Bonchev–Trinajstić information content (AvgIpc) is 3.66. The molecule has 9 nitrogen and oxygen atoms in total. The number of rotatable bonds is 5. The van der Waals surface area contributed by atoms with Gasteiger partial charge in [-0.2, -0.15) is 4.37 Å². The Morgan fingerprint density at radius 1 is 1.15 bits per heavy atom. The molecule has 12 heteroatoms. The molecule has 5 aromatic rings. The zero-order chi connectivity index (χ0) is 28.1. The predicted molar refractivity (Wildman–Crippen MR) is 143 cm³/mol. The summed E-state index contributed by atoms with van der Waals surface area (Å²) in [5, 5.41) is 4.05. The number of nitrogens with zero attached hydrogens (tertiary/aromatic N) is 5. The second-order valence-electron chi connectivity index (χ2n) is 9.53. The predicted octanol–water partition coefficient (Wildman–Crippen LogP) is 6.05. The number of aryl methyl sites for hydroxylation is 2. The van der Waals surface area contributed by atoms with Crippen LogP contribution in [0.2, 0.25) is 0 Å². The number of imidazole rings is 1. The SMILES string of the molecule is COC(=O)c1cc(-c2c([C@@H]3CCCC(=O)N3c3ccc(F)c(F)c3)nc3cc(-c4c(C)noc4C)ccn23)sn1. The monoisotopic (exact) mass is 563 g/mol. The van der Waals surface area contributed by atoms with Gasteiger partial charge in [0.25, 0.3) is 0 Å². The van der Waals surface area contributed by atoms with E-state index in [0.717, 1.165) is 40.5 Å². The fraction of sp³-hybridized carbons (Fsp3) is 0.250. The highest BCUT2D eigenvalue weighted by Gasteiger charge is 2.36. The number of amides is 1. The Balaban J connectivity index is 1.56. The zero-order valence-corrected chi connectivity index (χ0v) is 22.6. The number of pyridine rings is 1. The van der Waals surface area contributed by atoms with E-state index in [1.807, 2.05) is 36.6 Å². The first-order valence-corrected chi connectivity index (χ1v) is 13.3. The summed E-state index contributed by atoms with van der Waals surface area (Å²) in [7, 11) is 1.28. The molecule has 4 aromatic heterocycles. The van der Waals surface area contributed by atoms with Crippen molar-refractivity contribution in [2.24, 2.45) is 0 Å². The van der Waals surface area contributed by atoms with Crippen molar-refractivity contribution in [1.29, 1.82) is 0 Å². The first-order valence-electron chi connectivity index (χ1n) is 12.5. The van der Waals surface area contributed by atoms with Crippen molar-refractivity contribution >= 4 is 34.7 Å². The number of halogens is 2. The van der Waals surface area contributed by atoms with Crippen molar-refractivity contribution < 1.29 is 27.6 Å². The second-order valence-corrected chi connectivity index (χ2v) is 10.3. The van der Waals surface area contributed by atoms with Gasteiger partial charge in [-0.15, -0.1) is 0 Å². The molecule has 1 aromatic carbocycles. The van der Waals surface area contributed by atoms with Crippen LogP contribution in [0.5, 0.6) is 0 Å². The lowest BCUT2D eigenvalue weighted by atomic mass is 9.96. The highest BCUT2D eigenvalue weighted by Crippen LogP contribution is 2.42. The minimum Gasteiger partial charge on any atom is -0.464 e. The molecule has 6 rings (SSSR count). The lowest BCUT2D eigenvalue weighted by Gasteiger charge is -2.35. The number of fused-ring (bicyclic) bond motifs is 1. The molecule has 1 aliphatic rings. The molecular weight excluding hydrogens is 540 g/mol. The van der Waals surface area contributed by atoms with Crippen molar-refractivity contribution in [3.63, 3.8) is 0 Å². The van der Waals surface area contributed by atoms with Gasteiger partial charge in [-0.05, 0) is 74.1 Å². The van der Waals surface area contributed by atoms with Gasteiger partial charge in [0.1, 0.15) is 11.4 Å². The molecule has 0 spiro atoms. The van der Waals surface area contributed by atoms with Crippen LogP contribution < -0.4 is 4.90 Å². The van der Waals surface area contributed by atoms with Crippen molar-refractivity contribution in [2.45, 2.75) is 39.2 Å². The largest absolute Gasteiger partial charge is 0.464 e. The first-order chi connectivity index (χ1) is 19.3. The van der Waals surface area contributed by atoms with Crippen molar-refractivity contribution in [3.05, 3.63) is 77.1 Å². The molecular formula is C28H23F2N5O4S. The maximum Gasteiger partial charge on any atom is 0.357 e. The molecule has 0 N–H and O–H groups in total. The summed E-state index contributed by atoms with van der Waals surface area (Å²) >= 11 is 1.10. The molecule has 5 heterocycles. The van der Waals surface area contributed by atoms with Crippen LogP contribution in [0.15, 0.2) is 47.1 Å². The third kappa shape index (κ3) is 4.24. The summed E-state index contributed by atoms with van der Waals surface area (Å²) in [6, 6.07) is 8.28. The molecule has 40 heavy (non-hydrogen) atoms. The van der Waals surface area contributed by atoms with Crippen LogP contribution in [0.4, 0.5) is 14.5 Å². The molecule has 204 valence electrons. The van der Waals surface area contributed by atoms with E-state index >= 15 is 0 Å². The van der Waals surface area contributed by atoms with Crippen LogP contribution >= 0.6 is 11.5 Å². The minimum atomic E-state index is -1.04. The number of benzene rings is 1. The Labute approximate surface area is 231 Å². The summed E-state index contributed by atoms with van der Waals surface area (Å²) in [6.45, 7) is 3.69. The van der Waals surface area contributed by atoms with E-state index in [9.17, 15) is 18.4 Å². The Hall–Kier alpha value is -4.45. The van der Waals surface area contributed by atoms with Gasteiger partial charge in [0.2, 0.25) is 5.91 Å². The number of aromatic nitrogens is 4.